The summed E-state index contributed by atoms with van der Waals surface area (Å²) < 4.78 is 0. The van der Waals surface area contributed by atoms with E-state index >= 15 is 0 Å². The second-order valence-electron chi connectivity index (χ2n) is 10.2. The van der Waals surface area contributed by atoms with Crippen molar-refractivity contribution in [2.24, 2.45) is 5.73 Å². The molecule has 4 aromatic rings. The average Bonchev–Trinajstić information content (AvgIpc) is 3.64. The van der Waals surface area contributed by atoms with Crippen LogP contribution in [0.5, 0.6) is 0 Å². The van der Waals surface area contributed by atoms with E-state index in [0.717, 1.165) is 32.9 Å². The van der Waals surface area contributed by atoms with Gasteiger partial charge in [0.2, 0.25) is 29.5 Å². The van der Waals surface area contributed by atoms with Crippen LogP contribution in [0.2, 0.25) is 0 Å². The zero-order chi connectivity index (χ0) is 32.3. The quantitative estimate of drug-likeness (QED) is 0.0782. The van der Waals surface area contributed by atoms with Gasteiger partial charge in [0.05, 0.1) is 19.6 Å². The smallest absolute Gasteiger partial charge is 0.322 e. The Balaban J connectivity index is 1.32. The van der Waals surface area contributed by atoms with Crippen LogP contribution in [-0.2, 0) is 41.6 Å². The summed E-state index contributed by atoms with van der Waals surface area (Å²) in [7, 11) is 0. The lowest BCUT2D eigenvalue weighted by molar-refractivity contribution is -0.138. The van der Waals surface area contributed by atoms with Gasteiger partial charge in [-0.1, -0.05) is 36.4 Å². The number of aliphatic carboxylic acids is 1. The summed E-state index contributed by atoms with van der Waals surface area (Å²) in [5.74, 6) is -4.55. The molecule has 15 heteroatoms. The first-order chi connectivity index (χ1) is 21.6. The standard InChI is InChI=1S/C30H34N8O7/c31-11-25(39)37-23(9-17-12-32-21-7-3-1-5-19(17)21)29(44)35-14-26(40)34-15-27(41)38-24(30(45)36-16-28(42)43)10-18-13-33-22-8-4-2-6-20(18)22/h1-8,12-13,23-24,32-33H,9-11,14-16,31H2,(H,34,40)(H,35,44)(H,36,45)(H,37,39)(H,38,41)(H,42,43)/t23-,24-/m0/s1. The van der Waals surface area contributed by atoms with E-state index in [1.165, 1.54) is 0 Å². The van der Waals surface area contributed by atoms with Gasteiger partial charge >= 0.3 is 5.97 Å². The van der Waals surface area contributed by atoms with Crippen LogP contribution in [0.1, 0.15) is 11.1 Å². The van der Waals surface area contributed by atoms with Crippen molar-refractivity contribution in [1.82, 2.24) is 36.6 Å². The summed E-state index contributed by atoms with van der Waals surface area (Å²) in [5, 5.41) is 22.8. The number of hydrogen-bond acceptors (Lipinski definition) is 7. The first-order valence-electron chi connectivity index (χ1n) is 14.1. The highest BCUT2D eigenvalue weighted by Gasteiger charge is 2.25. The third kappa shape index (κ3) is 8.90. The van der Waals surface area contributed by atoms with Gasteiger partial charge in [-0.05, 0) is 23.3 Å². The summed E-state index contributed by atoms with van der Waals surface area (Å²) in [5.41, 5.74) is 8.59. The van der Waals surface area contributed by atoms with Crippen LogP contribution >= 0.6 is 0 Å². The number of aromatic amines is 2. The van der Waals surface area contributed by atoms with Crippen molar-refractivity contribution >= 4 is 57.3 Å². The van der Waals surface area contributed by atoms with Gasteiger partial charge in [-0.15, -0.1) is 0 Å². The molecule has 0 unspecified atom stereocenters. The molecule has 0 spiro atoms. The molecule has 2 aromatic carbocycles. The second-order valence-corrected chi connectivity index (χ2v) is 10.2. The number of carboxylic acids is 1. The number of aromatic nitrogens is 2. The van der Waals surface area contributed by atoms with Crippen LogP contribution in [-0.4, -0.2) is 88.8 Å². The second kappa shape index (κ2) is 15.2. The van der Waals surface area contributed by atoms with E-state index in [0.29, 0.717) is 0 Å². The molecule has 15 nitrogen and oxygen atoms in total. The Bertz CT molecular complexity index is 1710. The van der Waals surface area contributed by atoms with Gasteiger partial charge in [0.15, 0.2) is 0 Å². The molecular formula is C30H34N8O7. The molecule has 0 aliphatic carbocycles. The number of carbonyl (C=O) groups is 6. The molecule has 0 saturated heterocycles. The zero-order valence-electron chi connectivity index (χ0n) is 24.1. The molecule has 2 aromatic heterocycles. The van der Waals surface area contributed by atoms with Crippen LogP contribution in [0.25, 0.3) is 21.8 Å². The molecule has 5 amide bonds. The summed E-state index contributed by atoms with van der Waals surface area (Å²) in [6, 6.07) is 12.7. The number of para-hydroxylation sites is 2. The summed E-state index contributed by atoms with van der Waals surface area (Å²) in [4.78, 5) is 80.0. The molecule has 0 bridgehead atoms. The van der Waals surface area contributed by atoms with Crippen molar-refractivity contribution in [1.29, 1.82) is 0 Å². The normalized spacial score (nSPS) is 12.2. The highest BCUT2D eigenvalue weighted by Crippen LogP contribution is 2.20. The largest absolute Gasteiger partial charge is 0.480 e. The summed E-state index contributed by atoms with van der Waals surface area (Å²) in [6.45, 7) is -1.98. The van der Waals surface area contributed by atoms with E-state index in [4.69, 9.17) is 10.8 Å². The minimum atomic E-state index is -1.25. The molecule has 45 heavy (non-hydrogen) atoms. The number of carboxylic acid groups (broad SMARTS) is 1. The van der Waals surface area contributed by atoms with Crippen molar-refractivity contribution in [3.8, 4) is 0 Å². The number of fused-ring (bicyclic) bond motifs is 2. The lowest BCUT2D eigenvalue weighted by Gasteiger charge is -2.19. The molecule has 0 aliphatic rings. The Kier molecular flexibility index (Phi) is 10.8. The fourth-order valence-electron chi connectivity index (χ4n) is 4.78. The molecule has 0 radical (unpaired) electrons. The van der Waals surface area contributed by atoms with Crippen molar-refractivity contribution in [3.63, 3.8) is 0 Å². The van der Waals surface area contributed by atoms with Gasteiger partial charge < -0.3 is 47.4 Å². The highest BCUT2D eigenvalue weighted by molar-refractivity contribution is 5.94. The monoisotopic (exact) mass is 618 g/mol. The first kappa shape index (κ1) is 32.2. The Hall–Kier alpha value is -5.70. The Morgan fingerprint density at radius 3 is 1.62 bits per heavy atom. The third-order valence-corrected chi connectivity index (χ3v) is 6.97. The molecular weight excluding hydrogens is 584 g/mol. The van der Waals surface area contributed by atoms with Gasteiger partial charge in [-0.2, -0.15) is 0 Å². The van der Waals surface area contributed by atoms with E-state index < -0.39 is 67.2 Å². The molecule has 4 rings (SSSR count). The summed E-state index contributed by atoms with van der Waals surface area (Å²) >= 11 is 0. The fraction of sp³-hybridized carbons (Fsp3) is 0.267. The minimum absolute atomic E-state index is 0.0531. The van der Waals surface area contributed by atoms with Crippen LogP contribution in [0, 0.1) is 0 Å². The van der Waals surface area contributed by atoms with Gasteiger partial charge in [-0.25, -0.2) is 0 Å². The minimum Gasteiger partial charge on any atom is -0.480 e. The number of rotatable bonds is 15. The van der Waals surface area contributed by atoms with Gasteiger partial charge in [-0.3, -0.25) is 28.8 Å². The Morgan fingerprint density at radius 2 is 1.11 bits per heavy atom. The topological polar surface area (TPSA) is 240 Å². The van der Waals surface area contributed by atoms with Crippen molar-refractivity contribution in [3.05, 3.63) is 72.1 Å². The maximum absolute atomic E-state index is 12.9. The summed E-state index contributed by atoms with van der Waals surface area (Å²) in [6.07, 6.45) is 3.62. The van der Waals surface area contributed by atoms with E-state index in [2.05, 4.69) is 36.6 Å². The molecule has 10 N–H and O–H groups in total. The maximum Gasteiger partial charge on any atom is 0.322 e. The number of benzene rings is 2. The maximum atomic E-state index is 12.9. The average molecular weight is 619 g/mol. The molecule has 0 aliphatic heterocycles. The van der Waals surface area contributed by atoms with Crippen molar-refractivity contribution < 1.29 is 33.9 Å². The SMILES string of the molecule is NCC(=O)N[C@@H](Cc1c[nH]c2ccccc12)C(=O)NCC(=O)NCC(=O)N[C@@H](Cc1c[nH]c2ccccc12)C(=O)NCC(=O)O. The van der Waals surface area contributed by atoms with E-state index in [1.807, 2.05) is 48.5 Å². The van der Waals surface area contributed by atoms with E-state index in [-0.39, 0.29) is 19.4 Å². The molecule has 236 valence electrons. The van der Waals surface area contributed by atoms with E-state index in [1.54, 1.807) is 12.4 Å². The van der Waals surface area contributed by atoms with Gasteiger partial charge in [0.1, 0.15) is 18.6 Å². The van der Waals surface area contributed by atoms with Crippen LogP contribution in [0.4, 0.5) is 0 Å². The Morgan fingerprint density at radius 1 is 0.644 bits per heavy atom. The number of nitrogens with one attached hydrogen (secondary N) is 7. The molecule has 0 fully saturated rings. The molecule has 2 heterocycles. The highest BCUT2D eigenvalue weighted by atomic mass is 16.4. The number of hydrogen-bond donors (Lipinski definition) is 9. The van der Waals surface area contributed by atoms with Gasteiger partial charge in [0.25, 0.3) is 0 Å². The number of H-pyrrole nitrogens is 2. The lowest BCUT2D eigenvalue weighted by atomic mass is 10.0. The predicted molar refractivity (Wildman–Crippen MR) is 164 cm³/mol. The van der Waals surface area contributed by atoms with E-state index in [9.17, 15) is 28.8 Å². The van der Waals surface area contributed by atoms with Crippen LogP contribution < -0.4 is 32.3 Å². The van der Waals surface area contributed by atoms with Crippen LogP contribution in [0.15, 0.2) is 60.9 Å². The van der Waals surface area contributed by atoms with Crippen molar-refractivity contribution in [2.75, 3.05) is 26.2 Å². The van der Waals surface area contributed by atoms with Crippen LogP contribution in [0.3, 0.4) is 0 Å². The fourth-order valence-corrected chi connectivity index (χ4v) is 4.78. The number of carbonyl (C=O) groups excluding carboxylic acids is 5. The number of nitrogens with two attached hydrogens (primary N) is 1. The lowest BCUT2D eigenvalue weighted by Crippen LogP contribution is -2.53. The Labute approximate surface area is 256 Å². The predicted octanol–water partition coefficient (Wildman–Crippen LogP) is -1.20. The first-order valence-corrected chi connectivity index (χ1v) is 14.1. The third-order valence-electron chi connectivity index (χ3n) is 6.97. The number of amides is 5. The van der Waals surface area contributed by atoms with Crippen molar-refractivity contribution in [2.45, 2.75) is 24.9 Å². The van der Waals surface area contributed by atoms with Gasteiger partial charge in [0, 0.05) is 47.0 Å². The zero-order valence-corrected chi connectivity index (χ0v) is 24.1. The molecule has 0 saturated carbocycles. The molecule has 2 atom stereocenters.